The SMILES string of the molecule is O=C(COc1ccc(Cl)cc1[N+](=O)[O-])Nc1ccc(N2CCN(Cc3ccccc3)CC2)cc1. The molecule has 1 aliphatic rings. The molecule has 1 aliphatic heterocycles. The molecule has 1 saturated heterocycles. The molecule has 34 heavy (non-hydrogen) atoms. The second kappa shape index (κ2) is 11.0. The Bertz CT molecular complexity index is 1130. The molecule has 0 unspecified atom stereocenters. The van der Waals surface area contributed by atoms with Crippen LogP contribution in [0, 0.1) is 10.1 Å². The van der Waals surface area contributed by atoms with Crippen LogP contribution < -0.4 is 15.0 Å². The summed E-state index contributed by atoms with van der Waals surface area (Å²) in [5, 5.41) is 14.1. The minimum Gasteiger partial charge on any atom is -0.477 e. The van der Waals surface area contributed by atoms with Crippen molar-refractivity contribution < 1.29 is 14.5 Å². The molecule has 4 rings (SSSR count). The highest BCUT2D eigenvalue weighted by Gasteiger charge is 2.18. The summed E-state index contributed by atoms with van der Waals surface area (Å²) in [5.74, 6) is -0.419. The second-order valence-corrected chi connectivity index (χ2v) is 8.44. The third-order valence-corrected chi connectivity index (χ3v) is 5.85. The van der Waals surface area contributed by atoms with Gasteiger partial charge >= 0.3 is 5.69 Å². The number of nitrogens with zero attached hydrogens (tertiary/aromatic N) is 3. The number of carbonyl (C=O) groups excluding carboxylic acids is 1. The quantitative estimate of drug-likeness (QED) is 0.375. The summed E-state index contributed by atoms with van der Waals surface area (Å²) in [6, 6.07) is 22.2. The fourth-order valence-corrected chi connectivity index (χ4v) is 4.02. The van der Waals surface area contributed by atoms with Crippen LogP contribution in [0.25, 0.3) is 0 Å². The summed E-state index contributed by atoms with van der Waals surface area (Å²) >= 11 is 5.79. The molecule has 176 valence electrons. The lowest BCUT2D eigenvalue weighted by atomic mass is 10.2. The average molecular weight is 481 g/mol. The first-order valence-corrected chi connectivity index (χ1v) is 11.3. The Morgan fingerprint density at radius 2 is 1.71 bits per heavy atom. The van der Waals surface area contributed by atoms with Gasteiger partial charge in [0.1, 0.15) is 0 Å². The molecule has 0 atom stereocenters. The predicted molar refractivity (Wildman–Crippen MR) is 133 cm³/mol. The first-order valence-electron chi connectivity index (χ1n) is 11.0. The smallest absolute Gasteiger partial charge is 0.312 e. The van der Waals surface area contributed by atoms with Crippen molar-refractivity contribution in [3.8, 4) is 5.75 Å². The fourth-order valence-electron chi connectivity index (χ4n) is 3.86. The third kappa shape index (κ3) is 6.24. The van der Waals surface area contributed by atoms with Crippen LogP contribution >= 0.6 is 11.6 Å². The van der Waals surface area contributed by atoms with Gasteiger partial charge in [0.05, 0.1) is 4.92 Å². The highest BCUT2D eigenvalue weighted by Crippen LogP contribution is 2.30. The number of ether oxygens (including phenoxy) is 1. The highest BCUT2D eigenvalue weighted by molar-refractivity contribution is 6.30. The Hall–Kier alpha value is -3.62. The zero-order valence-corrected chi connectivity index (χ0v) is 19.3. The number of rotatable bonds is 8. The summed E-state index contributed by atoms with van der Waals surface area (Å²) in [7, 11) is 0. The molecule has 1 fully saturated rings. The Balaban J connectivity index is 1.25. The van der Waals surface area contributed by atoms with E-state index >= 15 is 0 Å². The Kier molecular flexibility index (Phi) is 7.61. The van der Waals surface area contributed by atoms with E-state index in [0.717, 1.165) is 38.4 Å². The number of nitro groups is 1. The normalized spacial score (nSPS) is 14.0. The van der Waals surface area contributed by atoms with E-state index in [1.165, 1.54) is 23.8 Å². The largest absolute Gasteiger partial charge is 0.477 e. The molecule has 1 N–H and O–H groups in total. The fraction of sp³-hybridized carbons (Fsp3) is 0.240. The number of amides is 1. The Morgan fingerprint density at radius 1 is 1.00 bits per heavy atom. The number of carbonyl (C=O) groups is 1. The maximum atomic E-state index is 12.3. The molecule has 1 amide bonds. The van der Waals surface area contributed by atoms with Gasteiger partial charge in [0.2, 0.25) is 0 Å². The van der Waals surface area contributed by atoms with Crippen LogP contribution in [-0.2, 0) is 11.3 Å². The molecule has 3 aromatic carbocycles. The Labute approximate surface area is 202 Å². The van der Waals surface area contributed by atoms with Gasteiger partial charge < -0.3 is 15.0 Å². The molecule has 3 aromatic rings. The molecule has 0 aliphatic carbocycles. The molecule has 0 saturated carbocycles. The maximum Gasteiger partial charge on any atom is 0.312 e. The lowest BCUT2D eigenvalue weighted by Gasteiger charge is -2.36. The number of hydrogen-bond donors (Lipinski definition) is 1. The molecule has 0 spiro atoms. The van der Waals surface area contributed by atoms with Gasteiger partial charge in [-0.05, 0) is 42.0 Å². The van der Waals surface area contributed by atoms with Crippen LogP contribution in [0.3, 0.4) is 0 Å². The molecule has 0 bridgehead atoms. The topological polar surface area (TPSA) is 87.9 Å². The van der Waals surface area contributed by atoms with Crippen LogP contribution in [0.2, 0.25) is 5.02 Å². The molecular formula is C25H25ClN4O4. The van der Waals surface area contributed by atoms with E-state index in [1.54, 1.807) is 0 Å². The summed E-state index contributed by atoms with van der Waals surface area (Å²) in [6.07, 6.45) is 0. The van der Waals surface area contributed by atoms with Gasteiger partial charge in [-0.25, -0.2) is 0 Å². The van der Waals surface area contributed by atoms with E-state index in [2.05, 4.69) is 39.4 Å². The maximum absolute atomic E-state index is 12.3. The second-order valence-electron chi connectivity index (χ2n) is 8.00. The van der Waals surface area contributed by atoms with E-state index < -0.39 is 10.8 Å². The van der Waals surface area contributed by atoms with Gasteiger partial charge in [-0.3, -0.25) is 19.8 Å². The van der Waals surface area contributed by atoms with Gasteiger partial charge in [-0.2, -0.15) is 0 Å². The molecule has 0 aromatic heterocycles. The molecule has 0 radical (unpaired) electrons. The van der Waals surface area contributed by atoms with Crippen molar-refractivity contribution in [1.29, 1.82) is 0 Å². The van der Waals surface area contributed by atoms with Crippen molar-refractivity contribution in [3.05, 3.63) is 93.5 Å². The van der Waals surface area contributed by atoms with Gasteiger partial charge in [-0.15, -0.1) is 0 Å². The van der Waals surface area contributed by atoms with Gasteiger partial charge in [0.25, 0.3) is 5.91 Å². The number of benzene rings is 3. The van der Waals surface area contributed by atoms with Gasteiger partial charge in [0.15, 0.2) is 12.4 Å². The summed E-state index contributed by atoms with van der Waals surface area (Å²) in [5.41, 5.74) is 2.77. The van der Waals surface area contributed by atoms with Crippen LogP contribution in [0.4, 0.5) is 17.1 Å². The molecule has 8 nitrogen and oxygen atoms in total. The highest BCUT2D eigenvalue weighted by atomic mass is 35.5. The lowest BCUT2D eigenvalue weighted by Crippen LogP contribution is -2.45. The lowest BCUT2D eigenvalue weighted by molar-refractivity contribution is -0.385. The standard InChI is InChI=1S/C25H25ClN4O4/c26-20-6-11-24(23(16-20)30(32)33)34-18-25(31)27-21-7-9-22(10-8-21)29-14-12-28(13-15-29)17-19-4-2-1-3-5-19/h1-11,16H,12-15,17-18H2,(H,27,31). The Morgan fingerprint density at radius 3 is 2.38 bits per heavy atom. The molecule has 1 heterocycles. The first kappa shape index (κ1) is 23.5. The van der Waals surface area contributed by atoms with Gasteiger partial charge in [-0.1, -0.05) is 41.9 Å². The van der Waals surface area contributed by atoms with Crippen LogP contribution in [-0.4, -0.2) is 48.5 Å². The van der Waals surface area contributed by atoms with E-state index in [1.807, 2.05) is 30.3 Å². The third-order valence-electron chi connectivity index (χ3n) is 5.61. The van der Waals surface area contributed by atoms with Crippen molar-refractivity contribution in [2.75, 3.05) is 43.0 Å². The number of anilines is 2. The van der Waals surface area contributed by atoms with E-state index in [9.17, 15) is 14.9 Å². The average Bonchev–Trinajstić information content (AvgIpc) is 2.85. The van der Waals surface area contributed by atoms with Crippen molar-refractivity contribution in [1.82, 2.24) is 4.90 Å². The molecule has 9 heteroatoms. The van der Waals surface area contributed by atoms with E-state index in [-0.39, 0.29) is 23.1 Å². The molecular weight excluding hydrogens is 456 g/mol. The minimum atomic E-state index is -0.598. The summed E-state index contributed by atoms with van der Waals surface area (Å²) in [6.45, 7) is 4.45. The van der Waals surface area contributed by atoms with Crippen molar-refractivity contribution in [3.63, 3.8) is 0 Å². The van der Waals surface area contributed by atoms with Crippen LogP contribution in [0.5, 0.6) is 5.75 Å². The van der Waals surface area contributed by atoms with E-state index in [4.69, 9.17) is 16.3 Å². The monoisotopic (exact) mass is 480 g/mol. The zero-order valence-electron chi connectivity index (χ0n) is 18.5. The van der Waals surface area contributed by atoms with Crippen molar-refractivity contribution in [2.24, 2.45) is 0 Å². The minimum absolute atomic E-state index is 0.00805. The number of hydrogen-bond acceptors (Lipinski definition) is 6. The van der Waals surface area contributed by atoms with Crippen LogP contribution in [0.1, 0.15) is 5.56 Å². The van der Waals surface area contributed by atoms with Gasteiger partial charge in [0, 0.05) is 55.2 Å². The first-order chi connectivity index (χ1) is 16.5. The van der Waals surface area contributed by atoms with E-state index in [0.29, 0.717) is 5.69 Å². The summed E-state index contributed by atoms with van der Waals surface area (Å²) < 4.78 is 5.33. The van der Waals surface area contributed by atoms with Crippen molar-refractivity contribution >= 4 is 34.6 Å². The van der Waals surface area contributed by atoms with Crippen molar-refractivity contribution in [2.45, 2.75) is 6.54 Å². The number of nitro benzene ring substituents is 1. The number of piperazine rings is 1. The number of nitrogens with one attached hydrogen (secondary N) is 1. The predicted octanol–water partition coefficient (Wildman–Crippen LogP) is 4.59. The van der Waals surface area contributed by atoms with Crippen LogP contribution in [0.15, 0.2) is 72.8 Å². The zero-order chi connectivity index (χ0) is 23.9. The summed E-state index contributed by atoms with van der Waals surface area (Å²) in [4.78, 5) is 27.6. The number of halogens is 1.